The molecule has 0 amide bonds. The van der Waals surface area contributed by atoms with Crippen molar-refractivity contribution >= 4 is 17.6 Å². The van der Waals surface area contributed by atoms with E-state index >= 15 is 0 Å². The minimum Gasteiger partial charge on any atom is -0.379 e. The van der Waals surface area contributed by atoms with E-state index in [1.807, 2.05) is 19.9 Å². The van der Waals surface area contributed by atoms with Crippen molar-refractivity contribution in [3.05, 3.63) is 6.07 Å². The number of hydrogen-bond donors (Lipinski definition) is 3. The van der Waals surface area contributed by atoms with Crippen LogP contribution in [-0.2, 0) is 4.74 Å². The Morgan fingerprint density at radius 1 is 1.15 bits per heavy atom. The fourth-order valence-electron chi connectivity index (χ4n) is 1.66. The fourth-order valence-corrected chi connectivity index (χ4v) is 1.66. The molecule has 0 aliphatic rings. The highest BCUT2D eigenvalue weighted by Gasteiger charge is 2.01. The molecule has 0 saturated carbocycles. The van der Waals surface area contributed by atoms with Crippen LogP contribution in [0.2, 0.25) is 0 Å². The van der Waals surface area contributed by atoms with Crippen molar-refractivity contribution in [2.24, 2.45) is 0 Å². The van der Waals surface area contributed by atoms with Crippen LogP contribution in [0.25, 0.3) is 0 Å². The molecule has 4 N–H and O–H groups in total. The Balaban J connectivity index is 2.30. The third-order valence-electron chi connectivity index (χ3n) is 2.63. The zero-order valence-electron chi connectivity index (χ0n) is 12.8. The van der Waals surface area contributed by atoms with Crippen LogP contribution in [-0.4, -0.2) is 35.8 Å². The zero-order chi connectivity index (χ0) is 14.8. The smallest absolute Gasteiger partial charge is 0.223 e. The Morgan fingerprint density at radius 3 is 2.40 bits per heavy atom. The van der Waals surface area contributed by atoms with Crippen molar-refractivity contribution in [1.29, 1.82) is 0 Å². The molecule has 1 aromatic heterocycles. The number of ether oxygens (including phenoxy) is 1. The molecule has 0 aromatic carbocycles. The minimum atomic E-state index is 0.289. The van der Waals surface area contributed by atoms with E-state index in [1.54, 1.807) is 0 Å². The lowest BCUT2D eigenvalue weighted by Gasteiger charge is -2.10. The van der Waals surface area contributed by atoms with Crippen LogP contribution < -0.4 is 16.4 Å². The van der Waals surface area contributed by atoms with Gasteiger partial charge in [0.1, 0.15) is 11.6 Å². The van der Waals surface area contributed by atoms with Gasteiger partial charge < -0.3 is 21.1 Å². The normalized spacial score (nSPS) is 10.8. The maximum absolute atomic E-state index is 5.69. The van der Waals surface area contributed by atoms with Gasteiger partial charge in [-0.25, -0.2) is 0 Å². The van der Waals surface area contributed by atoms with Crippen molar-refractivity contribution in [3.63, 3.8) is 0 Å². The number of rotatable bonds is 10. The van der Waals surface area contributed by atoms with E-state index < -0.39 is 0 Å². The van der Waals surface area contributed by atoms with Gasteiger partial charge in [-0.05, 0) is 33.1 Å². The fraction of sp³-hybridized carbons (Fsp3) is 0.714. The molecular formula is C14H27N5O. The SMILES string of the molecule is CCCNc1cc(NCCCCOC(C)C)nc(N)n1. The molecule has 0 bridgehead atoms. The van der Waals surface area contributed by atoms with Crippen LogP contribution in [0.4, 0.5) is 17.6 Å². The summed E-state index contributed by atoms with van der Waals surface area (Å²) in [7, 11) is 0. The van der Waals surface area contributed by atoms with Crippen molar-refractivity contribution in [1.82, 2.24) is 9.97 Å². The molecule has 0 fully saturated rings. The molecule has 6 heteroatoms. The average Bonchev–Trinajstić information content (AvgIpc) is 2.39. The third-order valence-corrected chi connectivity index (χ3v) is 2.63. The lowest BCUT2D eigenvalue weighted by Crippen LogP contribution is -2.10. The molecule has 6 nitrogen and oxygen atoms in total. The first-order valence-corrected chi connectivity index (χ1v) is 7.35. The molecule has 0 unspecified atom stereocenters. The van der Waals surface area contributed by atoms with Crippen molar-refractivity contribution < 1.29 is 4.74 Å². The van der Waals surface area contributed by atoms with E-state index in [0.717, 1.165) is 50.6 Å². The van der Waals surface area contributed by atoms with Gasteiger partial charge in [0.25, 0.3) is 0 Å². The van der Waals surface area contributed by atoms with Gasteiger partial charge in [-0.15, -0.1) is 0 Å². The molecule has 114 valence electrons. The number of nitrogens with one attached hydrogen (secondary N) is 2. The molecule has 1 rings (SSSR count). The number of nitrogen functional groups attached to an aromatic ring is 1. The van der Waals surface area contributed by atoms with Gasteiger partial charge >= 0.3 is 0 Å². The Hall–Kier alpha value is -1.56. The molecule has 0 aliphatic heterocycles. The van der Waals surface area contributed by atoms with Gasteiger partial charge in [0.2, 0.25) is 5.95 Å². The molecular weight excluding hydrogens is 254 g/mol. The monoisotopic (exact) mass is 281 g/mol. The second kappa shape index (κ2) is 9.36. The predicted octanol–water partition coefficient (Wildman–Crippen LogP) is 2.50. The first kappa shape index (κ1) is 16.5. The molecule has 1 aromatic rings. The highest BCUT2D eigenvalue weighted by Crippen LogP contribution is 2.12. The number of aromatic nitrogens is 2. The van der Waals surface area contributed by atoms with Crippen LogP contribution in [0.15, 0.2) is 6.07 Å². The largest absolute Gasteiger partial charge is 0.379 e. The van der Waals surface area contributed by atoms with Gasteiger partial charge in [-0.1, -0.05) is 6.92 Å². The van der Waals surface area contributed by atoms with Crippen LogP contribution in [0.5, 0.6) is 0 Å². The zero-order valence-corrected chi connectivity index (χ0v) is 12.8. The van der Waals surface area contributed by atoms with E-state index in [1.165, 1.54) is 0 Å². The third kappa shape index (κ3) is 7.13. The first-order valence-electron chi connectivity index (χ1n) is 7.35. The Kier molecular flexibility index (Phi) is 7.72. The van der Waals surface area contributed by atoms with Gasteiger partial charge in [0.05, 0.1) is 6.10 Å². The van der Waals surface area contributed by atoms with Crippen molar-refractivity contribution in [2.45, 2.75) is 46.1 Å². The van der Waals surface area contributed by atoms with Gasteiger partial charge in [-0.2, -0.15) is 9.97 Å². The first-order chi connectivity index (χ1) is 9.61. The summed E-state index contributed by atoms with van der Waals surface area (Å²) in [6.07, 6.45) is 3.42. The maximum atomic E-state index is 5.69. The summed E-state index contributed by atoms with van der Waals surface area (Å²) in [4.78, 5) is 8.32. The quantitative estimate of drug-likeness (QED) is 0.571. The topological polar surface area (TPSA) is 85.1 Å². The lowest BCUT2D eigenvalue weighted by atomic mass is 10.3. The van der Waals surface area contributed by atoms with Crippen LogP contribution in [0.3, 0.4) is 0 Å². The van der Waals surface area contributed by atoms with E-state index in [0.29, 0.717) is 6.10 Å². The van der Waals surface area contributed by atoms with E-state index in [9.17, 15) is 0 Å². The van der Waals surface area contributed by atoms with Gasteiger partial charge in [0, 0.05) is 25.8 Å². The summed E-state index contributed by atoms with van der Waals surface area (Å²) >= 11 is 0. The predicted molar refractivity (Wildman–Crippen MR) is 84.0 cm³/mol. The number of nitrogens with zero attached hydrogens (tertiary/aromatic N) is 2. The summed E-state index contributed by atoms with van der Waals surface area (Å²) in [5.41, 5.74) is 5.69. The number of anilines is 3. The van der Waals surface area contributed by atoms with Gasteiger partial charge in [0.15, 0.2) is 0 Å². The summed E-state index contributed by atoms with van der Waals surface area (Å²) in [5.74, 6) is 1.82. The number of hydrogen-bond acceptors (Lipinski definition) is 6. The lowest BCUT2D eigenvalue weighted by molar-refractivity contribution is 0.0765. The highest BCUT2D eigenvalue weighted by molar-refractivity contribution is 5.50. The van der Waals surface area contributed by atoms with Crippen molar-refractivity contribution in [3.8, 4) is 0 Å². The van der Waals surface area contributed by atoms with Gasteiger partial charge in [-0.3, -0.25) is 0 Å². The van der Waals surface area contributed by atoms with E-state index in [4.69, 9.17) is 10.5 Å². The number of nitrogens with two attached hydrogens (primary N) is 1. The van der Waals surface area contributed by atoms with E-state index in [-0.39, 0.29) is 5.95 Å². The van der Waals surface area contributed by atoms with Crippen molar-refractivity contribution in [2.75, 3.05) is 36.1 Å². The highest BCUT2D eigenvalue weighted by atomic mass is 16.5. The molecule has 0 spiro atoms. The van der Waals surface area contributed by atoms with Crippen LogP contribution in [0.1, 0.15) is 40.0 Å². The summed E-state index contributed by atoms with van der Waals surface area (Å²) < 4.78 is 5.49. The summed E-state index contributed by atoms with van der Waals surface area (Å²) in [6, 6.07) is 1.89. The van der Waals surface area contributed by atoms with E-state index in [2.05, 4.69) is 27.5 Å². The second-order valence-corrected chi connectivity index (χ2v) is 4.98. The van der Waals surface area contributed by atoms with Crippen LogP contribution >= 0.6 is 0 Å². The molecule has 0 radical (unpaired) electrons. The molecule has 0 saturated heterocycles. The minimum absolute atomic E-state index is 0.289. The Bertz CT molecular complexity index is 384. The molecule has 1 heterocycles. The summed E-state index contributed by atoms with van der Waals surface area (Å²) in [6.45, 7) is 8.73. The maximum Gasteiger partial charge on any atom is 0.223 e. The van der Waals surface area contributed by atoms with Crippen LogP contribution in [0, 0.1) is 0 Å². The average molecular weight is 281 g/mol. The molecule has 20 heavy (non-hydrogen) atoms. The Labute approximate surface area is 121 Å². The molecule has 0 aliphatic carbocycles. The Morgan fingerprint density at radius 2 is 1.80 bits per heavy atom. The number of unbranched alkanes of at least 4 members (excludes halogenated alkanes) is 1. The standard InChI is InChI=1S/C14H27N5O/c1-4-7-16-12-10-13(19-14(15)18-12)17-8-5-6-9-20-11(2)3/h10-11H,4-9H2,1-3H3,(H4,15,16,17,18,19). The second-order valence-electron chi connectivity index (χ2n) is 4.98. The molecule has 0 atom stereocenters. The summed E-state index contributed by atoms with van der Waals surface area (Å²) in [5, 5.41) is 6.47.